The standard InChI is InChI=1S/C18H32O16/c19-1-5-8(22)11(25)13(27)16(31-5)30-3-7-9(23)12(26)14(28)17(32-7)34-18(4-21)15(29)10(24)6(2-20)33-18/h5-17,19-29H,1-4H2/t5-,6+,7+,8+,9+,10+,11-,12+,13-,14+,15+,16+,17-,18-/m1/s1. The van der Waals surface area contributed by atoms with Gasteiger partial charge in [-0.15, -0.1) is 0 Å². The first-order chi connectivity index (χ1) is 16.0. The van der Waals surface area contributed by atoms with Crippen LogP contribution in [-0.2, 0) is 23.7 Å². The molecule has 0 saturated carbocycles. The van der Waals surface area contributed by atoms with Gasteiger partial charge in [0.05, 0.1) is 19.8 Å². The summed E-state index contributed by atoms with van der Waals surface area (Å²) in [6.45, 7) is -3.14. The number of rotatable bonds is 8. The molecular formula is C18H32O16. The van der Waals surface area contributed by atoms with Crippen LogP contribution in [0.2, 0.25) is 0 Å². The summed E-state index contributed by atoms with van der Waals surface area (Å²) in [4.78, 5) is 0. The fourth-order valence-corrected chi connectivity index (χ4v) is 4.01. The third-order valence-corrected chi connectivity index (χ3v) is 6.16. The maximum atomic E-state index is 10.3. The summed E-state index contributed by atoms with van der Waals surface area (Å²) >= 11 is 0. The van der Waals surface area contributed by atoms with Crippen LogP contribution < -0.4 is 0 Å². The van der Waals surface area contributed by atoms with E-state index in [2.05, 4.69) is 0 Å². The van der Waals surface area contributed by atoms with Gasteiger partial charge in [0.25, 0.3) is 0 Å². The summed E-state index contributed by atoms with van der Waals surface area (Å²) < 4.78 is 26.4. The van der Waals surface area contributed by atoms with E-state index in [1.165, 1.54) is 0 Å². The SMILES string of the molecule is OC[C@@H]1O[C@](CO)(O[C@H]2O[C@@H](CO[C@H]3O[C@H](CO)[C@H](O)[C@@H](O)[C@H]3O)[C@H](O)[C@H](O)[C@@H]2O)[C@@H](O)[C@H]1O. The molecule has 0 aromatic rings. The molecule has 16 nitrogen and oxygen atoms in total. The van der Waals surface area contributed by atoms with Gasteiger partial charge in [-0.2, -0.15) is 0 Å². The molecule has 3 fully saturated rings. The Bertz CT molecular complexity index is 653. The van der Waals surface area contributed by atoms with Gasteiger partial charge in [0.15, 0.2) is 12.6 Å². The molecular weight excluding hydrogens is 472 g/mol. The van der Waals surface area contributed by atoms with Crippen molar-refractivity contribution in [1.29, 1.82) is 0 Å². The Morgan fingerprint density at radius 1 is 0.588 bits per heavy atom. The lowest BCUT2D eigenvalue weighted by atomic mass is 9.98. The minimum absolute atomic E-state index is 0.634. The molecule has 0 unspecified atom stereocenters. The lowest BCUT2D eigenvalue weighted by Gasteiger charge is -2.44. The Morgan fingerprint density at radius 2 is 1.12 bits per heavy atom. The molecule has 0 aromatic carbocycles. The lowest BCUT2D eigenvalue weighted by Crippen LogP contribution is -2.63. The molecule has 34 heavy (non-hydrogen) atoms. The normalized spacial score (nSPS) is 52.1. The molecule has 16 heteroatoms. The number of hydrogen-bond donors (Lipinski definition) is 11. The Balaban J connectivity index is 1.69. The highest BCUT2D eigenvalue weighted by Gasteiger charge is 2.58. The van der Waals surface area contributed by atoms with Crippen molar-refractivity contribution in [1.82, 2.24) is 0 Å². The molecule has 3 aliphatic rings. The largest absolute Gasteiger partial charge is 0.394 e. The van der Waals surface area contributed by atoms with Crippen LogP contribution in [-0.4, -0.2) is 168 Å². The quantitative estimate of drug-likeness (QED) is 0.146. The zero-order valence-electron chi connectivity index (χ0n) is 17.8. The van der Waals surface area contributed by atoms with E-state index < -0.39 is 112 Å². The molecule has 0 aromatic heterocycles. The highest BCUT2D eigenvalue weighted by molar-refractivity contribution is 4.98. The second-order valence-electron chi connectivity index (χ2n) is 8.41. The van der Waals surface area contributed by atoms with E-state index in [4.69, 9.17) is 23.7 Å². The molecule has 3 aliphatic heterocycles. The van der Waals surface area contributed by atoms with Crippen LogP contribution in [0.3, 0.4) is 0 Å². The van der Waals surface area contributed by atoms with E-state index in [9.17, 15) is 56.2 Å². The Hall–Kier alpha value is -0.640. The second-order valence-corrected chi connectivity index (χ2v) is 8.41. The Labute approximate surface area is 192 Å². The number of hydrogen-bond acceptors (Lipinski definition) is 16. The van der Waals surface area contributed by atoms with E-state index in [-0.39, 0.29) is 0 Å². The Kier molecular flexibility index (Phi) is 9.18. The van der Waals surface area contributed by atoms with Crippen molar-refractivity contribution in [3.05, 3.63) is 0 Å². The molecule has 0 aliphatic carbocycles. The smallest absolute Gasteiger partial charge is 0.224 e. The summed E-state index contributed by atoms with van der Waals surface area (Å²) in [7, 11) is 0. The molecule has 3 saturated heterocycles. The molecule has 14 atom stereocenters. The fraction of sp³-hybridized carbons (Fsp3) is 1.00. The first-order valence-corrected chi connectivity index (χ1v) is 10.6. The summed E-state index contributed by atoms with van der Waals surface area (Å²) in [5.74, 6) is -2.36. The van der Waals surface area contributed by atoms with Gasteiger partial charge in [0, 0.05) is 0 Å². The molecule has 3 heterocycles. The van der Waals surface area contributed by atoms with Crippen LogP contribution in [0.1, 0.15) is 0 Å². The van der Waals surface area contributed by atoms with Crippen LogP contribution >= 0.6 is 0 Å². The first kappa shape index (κ1) is 27.9. The van der Waals surface area contributed by atoms with Crippen LogP contribution in [0, 0.1) is 0 Å². The van der Waals surface area contributed by atoms with E-state index in [0.29, 0.717) is 0 Å². The van der Waals surface area contributed by atoms with E-state index in [1.807, 2.05) is 0 Å². The third-order valence-electron chi connectivity index (χ3n) is 6.16. The van der Waals surface area contributed by atoms with Crippen LogP contribution in [0.4, 0.5) is 0 Å². The van der Waals surface area contributed by atoms with Gasteiger partial charge in [0.1, 0.15) is 73.8 Å². The zero-order valence-corrected chi connectivity index (χ0v) is 17.8. The van der Waals surface area contributed by atoms with E-state index in [1.54, 1.807) is 0 Å². The maximum absolute atomic E-state index is 10.3. The van der Waals surface area contributed by atoms with Gasteiger partial charge >= 0.3 is 0 Å². The summed E-state index contributed by atoms with van der Waals surface area (Å²) in [5, 5.41) is 109. The lowest BCUT2D eigenvalue weighted by molar-refractivity contribution is -0.388. The average Bonchev–Trinajstić information content (AvgIpc) is 3.08. The molecule has 0 bridgehead atoms. The maximum Gasteiger partial charge on any atom is 0.224 e. The van der Waals surface area contributed by atoms with Crippen molar-refractivity contribution in [2.24, 2.45) is 0 Å². The molecule has 0 amide bonds. The summed E-state index contributed by atoms with van der Waals surface area (Å²) in [6.07, 6.45) is -21.8. The summed E-state index contributed by atoms with van der Waals surface area (Å²) in [5.41, 5.74) is 0. The zero-order chi connectivity index (χ0) is 25.4. The number of aliphatic hydroxyl groups excluding tert-OH is 11. The van der Waals surface area contributed by atoms with Crippen molar-refractivity contribution in [2.45, 2.75) is 85.5 Å². The van der Waals surface area contributed by atoms with Gasteiger partial charge < -0.3 is 79.9 Å². The predicted octanol–water partition coefficient (Wildman–Crippen LogP) is -7.57. The van der Waals surface area contributed by atoms with Crippen molar-refractivity contribution in [3.8, 4) is 0 Å². The highest BCUT2D eigenvalue weighted by atomic mass is 16.8. The van der Waals surface area contributed by atoms with Gasteiger partial charge in [-0.05, 0) is 0 Å². The minimum atomic E-state index is -2.36. The number of aliphatic hydroxyl groups is 11. The highest BCUT2D eigenvalue weighted by Crippen LogP contribution is 2.36. The van der Waals surface area contributed by atoms with Crippen molar-refractivity contribution < 1.29 is 79.9 Å². The van der Waals surface area contributed by atoms with Gasteiger partial charge in [0.2, 0.25) is 5.79 Å². The summed E-state index contributed by atoms with van der Waals surface area (Å²) in [6, 6.07) is 0. The van der Waals surface area contributed by atoms with Crippen LogP contribution in [0.25, 0.3) is 0 Å². The van der Waals surface area contributed by atoms with Crippen molar-refractivity contribution >= 4 is 0 Å². The number of ether oxygens (including phenoxy) is 5. The van der Waals surface area contributed by atoms with Gasteiger partial charge in [-0.25, -0.2) is 0 Å². The first-order valence-electron chi connectivity index (χ1n) is 10.6. The van der Waals surface area contributed by atoms with Crippen LogP contribution in [0.5, 0.6) is 0 Å². The van der Waals surface area contributed by atoms with Crippen LogP contribution in [0.15, 0.2) is 0 Å². The van der Waals surface area contributed by atoms with Gasteiger partial charge in [-0.1, -0.05) is 0 Å². The Morgan fingerprint density at radius 3 is 1.65 bits per heavy atom. The molecule has 0 radical (unpaired) electrons. The molecule has 200 valence electrons. The topological polar surface area (TPSA) is 269 Å². The van der Waals surface area contributed by atoms with Crippen molar-refractivity contribution in [2.75, 3.05) is 26.4 Å². The second kappa shape index (κ2) is 11.2. The monoisotopic (exact) mass is 504 g/mol. The third kappa shape index (κ3) is 5.09. The minimum Gasteiger partial charge on any atom is -0.394 e. The predicted molar refractivity (Wildman–Crippen MR) is 101 cm³/mol. The van der Waals surface area contributed by atoms with E-state index >= 15 is 0 Å². The average molecular weight is 504 g/mol. The molecule has 3 rings (SSSR count). The molecule has 11 N–H and O–H groups in total. The van der Waals surface area contributed by atoms with E-state index in [0.717, 1.165) is 0 Å². The fourth-order valence-electron chi connectivity index (χ4n) is 4.01. The molecule has 0 spiro atoms. The van der Waals surface area contributed by atoms with Crippen molar-refractivity contribution in [3.63, 3.8) is 0 Å². The van der Waals surface area contributed by atoms with Gasteiger partial charge in [-0.3, -0.25) is 0 Å².